The maximum Gasteiger partial charge on any atom is 0.128 e. The lowest BCUT2D eigenvalue weighted by molar-refractivity contribution is 0.0993. The van der Waals surface area contributed by atoms with E-state index in [1.165, 1.54) is 6.07 Å². The van der Waals surface area contributed by atoms with Crippen molar-refractivity contribution in [3.05, 3.63) is 51.5 Å². The lowest BCUT2D eigenvalue weighted by Crippen LogP contribution is -2.02. The molecule has 1 heterocycles. The summed E-state index contributed by atoms with van der Waals surface area (Å²) < 4.78 is 21.8. The molecule has 0 bridgehead atoms. The first-order valence-corrected chi connectivity index (χ1v) is 6.94. The van der Waals surface area contributed by atoms with E-state index in [0.29, 0.717) is 12.2 Å². The van der Waals surface area contributed by atoms with Gasteiger partial charge in [-0.15, -0.1) is 0 Å². The quantitative estimate of drug-likeness (QED) is 0.839. The van der Waals surface area contributed by atoms with Crippen molar-refractivity contribution in [3.63, 3.8) is 0 Å². The van der Waals surface area contributed by atoms with Gasteiger partial charge < -0.3 is 4.74 Å². The number of ether oxygens (including phenoxy) is 1. The van der Waals surface area contributed by atoms with Crippen molar-refractivity contribution in [1.82, 2.24) is 9.78 Å². The molecule has 0 amide bonds. The summed E-state index contributed by atoms with van der Waals surface area (Å²) in [6, 6.07) is 6.64. The van der Waals surface area contributed by atoms with Crippen molar-refractivity contribution in [2.24, 2.45) is 7.05 Å². The molecule has 0 N–H and O–H groups in total. The third-order valence-electron chi connectivity index (χ3n) is 2.96. The van der Waals surface area contributed by atoms with Crippen LogP contribution in [0.1, 0.15) is 23.9 Å². The molecule has 0 aliphatic heterocycles. The molecule has 2 aromatic rings. The van der Waals surface area contributed by atoms with Gasteiger partial charge >= 0.3 is 0 Å². The Labute approximate surface area is 120 Å². The maximum atomic E-state index is 13.4. The van der Waals surface area contributed by atoms with Crippen LogP contribution in [0.4, 0.5) is 4.39 Å². The zero-order valence-corrected chi connectivity index (χ0v) is 12.6. The van der Waals surface area contributed by atoms with Gasteiger partial charge in [0, 0.05) is 12.6 Å². The molecule has 1 aromatic carbocycles. The smallest absolute Gasteiger partial charge is 0.128 e. The molecule has 0 fully saturated rings. The van der Waals surface area contributed by atoms with Crippen LogP contribution in [-0.2, 0) is 31.4 Å². The minimum Gasteiger partial charge on any atom is -0.370 e. The Morgan fingerprint density at radius 3 is 2.68 bits per heavy atom. The molecule has 0 radical (unpaired) electrons. The van der Waals surface area contributed by atoms with Gasteiger partial charge in [0.1, 0.15) is 5.82 Å². The molecule has 19 heavy (non-hydrogen) atoms. The van der Waals surface area contributed by atoms with E-state index in [1.54, 1.807) is 22.9 Å². The number of rotatable bonds is 5. The SMILES string of the molecule is CCc1nn(C)c(COCc2ccccc2F)c1Br. The van der Waals surface area contributed by atoms with E-state index < -0.39 is 0 Å². The van der Waals surface area contributed by atoms with Crippen LogP contribution in [0.3, 0.4) is 0 Å². The highest BCUT2D eigenvalue weighted by molar-refractivity contribution is 9.10. The number of aryl methyl sites for hydroxylation is 2. The van der Waals surface area contributed by atoms with Crippen molar-refractivity contribution in [1.29, 1.82) is 0 Å². The molecule has 3 nitrogen and oxygen atoms in total. The maximum absolute atomic E-state index is 13.4. The molecule has 1 aromatic heterocycles. The average molecular weight is 327 g/mol. The lowest BCUT2D eigenvalue weighted by Gasteiger charge is -2.06. The molecular formula is C14H16BrFN2O. The summed E-state index contributed by atoms with van der Waals surface area (Å²) in [6.07, 6.45) is 0.863. The van der Waals surface area contributed by atoms with E-state index in [0.717, 1.165) is 22.3 Å². The predicted molar refractivity (Wildman–Crippen MR) is 75.2 cm³/mol. The molecule has 0 atom stereocenters. The molecular weight excluding hydrogens is 311 g/mol. The number of aromatic nitrogens is 2. The first-order chi connectivity index (χ1) is 9.13. The third kappa shape index (κ3) is 3.22. The van der Waals surface area contributed by atoms with Crippen molar-refractivity contribution in [2.45, 2.75) is 26.6 Å². The van der Waals surface area contributed by atoms with Crippen LogP contribution in [0.2, 0.25) is 0 Å². The van der Waals surface area contributed by atoms with Gasteiger partial charge in [-0.3, -0.25) is 4.68 Å². The number of halogens is 2. The second-order valence-corrected chi connectivity index (χ2v) is 5.06. The van der Waals surface area contributed by atoms with Gasteiger partial charge in [0.15, 0.2) is 0 Å². The van der Waals surface area contributed by atoms with Crippen molar-refractivity contribution >= 4 is 15.9 Å². The Balaban J connectivity index is 2.00. The van der Waals surface area contributed by atoms with Crippen LogP contribution in [-0.4, -0.2) is 9.78 Å². The van der Waals surface area contributed by atoms with Gasteiger partial charge in [-0.2, -0.15) is 5.10 Å². The van der Waals surface area contributed by atoms with Gasteiger partial charge in [0.2, 0.25) is 0 Å². The summed E-state index contributed by atoms with van der Waals surface area (Å²) in [7, 11) is 1.88. The van der Waals surface area contributed by atoms with Gasteiger partial charge in [-0.1, -0.05) is 25.1 Å². The monoisotopic (exact) mass is 326 g/mol. The number of benzene rings is 1. The number of hydrogen-bond donors (Lipinski definition) is 0. The van der Waals surface area contributed by atoms with E-state index in [9.17, 15) is 4.39 Å². The molecule has 0 saturated heterocycles. The van der Waals surface area contributed by atoms with Crippen molar-refractivity contribution in [3.8, 4) is 0 Å². The van der Waals surface area contributed by atoms with Gasteiger partial charge in [-0.25, -0.2) is 4.39 Å². The Morgan fingerprint density at radius 1 is 1.32 bits per heavy atom. The highest BCUT2D eigenvalue weighted by Crippen LogP contribution is 2.22. The van der Waals surface area contributed by atoms with Gasteiger partial charge in [-0.05, 0) is 28.4 Å². The van der Waals surface area contributed by atoms with Gasteiger partial charge in [0.05, 0.1) is 29.1 Å². The Bertz CT molecular complexity index is 569. The summed E-state index contributed by atoms with van der Waals surface area (Å²) in [5, 5.41) is 4.39. The zero-order chi connectivity index (χ0) is 13.8. The molecule has 0 aliphatic carbocycles. The summed E-state index contributed by atoms with van der Waals surface area (Å²) >= 11 is 3.53. The molecule has 5 heteroatoms. The topological polar surface area (TPSA) is 27.1 Å². The zero-order valence-electron chi connectivity index (χ0n) is 11.0. The number of hydrogen-bond acceptors (Lipinski definition) is 2. The van der Waals surface area contributed by atoms with Crippen LogP contribution in [0.5, 0.6) is 0 Å². The van der Waals surface area contributed by atoms with Crippen LogP contribution >= 0.6 is 15.9 Å². The highest BCUT2D eigenvalue weighted by Gasteiger charge is 2.12. The fraction of sp³-hybridized carbons (Fsp3) is 0.357. The number of nitrogens with zero attached hydrogens (tertiary/aromatic N) is 2. The Kier molecular flexibility index (Phi) is 4.71. The second-order valence-electron chi connectivity index (χ2n) is 4.27. The molecule has 0 saturated carbocycles. The second kappa shape index (κ2) is 6.30. The van der Waals surface area contributed by atoms with Crippen LogP contribution in [0.25, 0.3) is 0 Å². The summed E-state index contributed by atoms with van der Waals surface area (Å²) in [4.78, 5) is 0. The third-order valence-corrected chi connectivity index (χ3v) is 3.87. The van der Waals surface area contributed by atoms with Crippen molar-refractivity contribution < 1.29 is 9.13 Å². The van der Waals surface area contributed by atoms with E-state index in [1.807, 2.05) is 7.05 Å². The molecule has 0 unspecified atom stereocenters. The average Bonchev–Trinajstić information content (AvgIpc) is 2.68. The van der Waals surface area contributed by atoms with Crippen LogP contribution in [0, 0.1) is 5.82 Å². The lowest BCUT2D eigenvalue weighted by atomic mass is 10.2. The molecule has 0 aliphatic rings. The Morgan fingerprint density at radius 2 is 2.05 bits per heavy atom. The molecule has 2 rings (SSSR count). The van der Waals surface area contributed by atoms with Gasteiger partial charge in [0.25, 0.3) is 0 Å². The minimum atomic E-state index is -0.235. The highest BCUT2D eigenvalue weighted by atomic mass is 79.9. The first kappa shape index (κ1) is 14.2. The van der Waals surface area contributed by atoms with Crippen molar-refractivity contribution in [2.75, 3.05) is 0 Å². The standard InChI is InChI=1S/C14H16BrFN2O/c1-3-12-14(15)13(18(2)17-12)9-19-8-10-6-4-5-7-11(10)16/h4-7H,3,8-9H2,1-2H3. The van der Waals surface area contributed by atoms with E-state index in [4.69, 9.17) is 4.74 Å². The molecule has 0 spiro atoms. The fourth-order valence-corrected chi connectivity index (χ4v) is 2.58. The minimum absolute atomic E-state index is 0.235. The summed E-state index contributed by atoms with van der Waals surface area (Å²) in [5.41, 5.74) is 2.54. The predicted octanol–water partition coefficient (Wildman–Crippen LogP) is 3.60. The molecule has 102 valence electrons. The van der Waals surface area contributed by atoms with Crippen LogP contribution < -0.4 is 0 Å². The van der Waals surface area contributed by atoms with Crippen LogP contribution in [0.15, 0.2) is 28.7 Å². The van der Waals surface area contributed by atoms with E-state index in [-0.39, 0.29) is 12.4 Å². The normalized spacial score (nSPS) is 10.9. The summed E-state index contributed by atoms with van der Waals surface area (Å²) in [6.45, 7) is 2.71. The fourth-order valence-electron chi connectivity index (χ4n) is 1.85. The van der Waals surface area contributed by atoms with E-state index in [2.05, 4.69) is 28.0 Å². The summed E-state index contributed by atoms with van der Waals surface area (Å²) in [5.74, 6) is -0.235. The first-order valence-electron chi connectivity index (χ1n) is 6.14. The largest absolute Gasteiger partial charge is 0.370 e. The Hall–Kier alpha value is -1.20. The van der Waals surface area contributed by atoms with E-state index >= 15 is 0 Å².